The first-order chi connectivity index (χ1) is 8.25. The molecule has 1 aliphatic carbocycles. The molecule has 98 valence electrons. The van der Waals surface area contributed by atoms with Gasteiger partial charge in [0.15, 0.2) is 0 Å². The maximum absolute atomic E-state index is 11.7. The Morgan fingerprint density at radius 2 is 2.06 bits per heavy atom. The van der Waals surface area contributed by atoms with Crippen LogP contribution in [0.3, 0.4) is 0 Å². The molecule has 5 heteroatoms. The summed E-state index contributed by atoms with van der Waals surface area (Å²) in [6.07, 6.45) is 4.95. The molecule has 1 saturated carbocycles. The number of nitrogens with two attached hydrogens (primary N) is 1. The van der Waals surface area contributed by atoms with E-state index >= 15 is 0 Å². The van der Waals surface area contributed by atoms with Gasteiger partial charge in [0.2, 0.25) is 5.91 Å². The second-order valence-electron chi connectivity index (χ2n) is 4.90. The molecule has 2 rings (SSSR count). The van der Waals surface area contributed by atoms with Gasteiger partial charge in [-0.15, -0.1) is 0 Å². The lowest BCUT2D eigenvalue weighted by molar-refractivity contribution is -0.129. The maximum Gasteiger partial charge on any atom is 0.246 e. The van der Waals surface area contributed by atoms with Gasteiger partial charge in [0.25, 0.3) is 0 Å². The first-order valence-corrected chi connectivity index (χ1v) is 6.50. The molecule has 0 radical (unpaired) electrons. The van der Waals surface area contributed by atoms with Crippen molar-refractivity contribution in [3.05, 3.63) is 0 Å². The highest BCUT2D eigenvalue weighted by molar-refractivity contribution is 5.77. The molecule has 0 bridgehead atoms. The fourth-order valence-electron chi connectivity index (χ4n) is 2.46. The SMILES string of the molecule is NC1CCCC1OCC(=O)NC1CCOCC1. The Balaban J connectivity index is 1.63. The Hall–Kier alpha value is -0.650. The lowest BCUT2D eigenvalue weighted by Crippen LogP contribution is -2.42. The van der Waals surface area contributed by atoms with Crippen molar-refractivity contribution in [2.75, 3.05) is 19.8 Å². The molecule has 1 saturated heterocycles. The van der Waals surface area contributed by atoms with Crippen molar-refractivity contribution in [1.29, 1.82) is 0 Å². The third-order valence-corrected chi connectivity index (χ3v) is 3.52. The molecule has 0 aromatic rings. The van der Waals surface area contributed by atoms with E-state index in [4.69, 9.17) is 15.2 Å². The van der Waals surface area contributed by atoms with E-state index in [0.29, 0.717) is 0 Å². The topological polar surface area (TPSA) is 73.6 Å². The van der Waals surface area contributed by atoms with Crippen molar-refractivity contribution in [2.24, 2.45) is 5.73 Å². The third kappa shape index (κ3) is 3.94. The summed E-state index contributed by atoms with van der Waals surface area (Å²) in [4.78, 5) is 11.7. The van der Waals surface area contributed by atoms with Gasteiger partial charge in [-0.1, -0.05) is 0 Å². The fraction of sp³-hybridized carbons (Fsp3) is 0.917. The smallest absolute Gasteiger partial charge is 0.246 e. The minimum absolute atomic E-state index is 0.0315. The Morgan fingerprint density at radius 1 is 1.29 bits per heavy atom. The van der Waals surface area contributed by atoms with Gasteiger partial charge < -0.3 is 20.5 Å². The van der Waals surface area contributed by atoms with Gasteiger partial charge in [-0.2, -0.15) is 0 Å². The van der Waals surface area contributed by atoms with Crippen LogP contribution in [-0.4, -0.2) is 43.9 Å². The zero-order chi connectivity index (χ0) is 12.1. The van der Waals surface area contributed by atoms with Crippen LogP contribution in [0.1, 0.15) is 32.1 Å². The zero-order valence-electron chi connectivity index (χ0n) is 10.2. The molecular weight excluding hydrogens is 220 g/mol. The van der Waals surface area contributed by atoms with Crippen LogP contribution in [0.4, 0.5) is 0 Å². The number of hydrogen-bond acceptors (Lipinski definition) is 4. The molecule has 1 heterocycles. The van der Waals surface area contributed by atoms with E-state index in [1.54, 1.807) is 0 Å². The molecule has 1 aliphatic heterocycles. The quantitative estimate of drug-likeness (QED) is 0.737. The zero-order valence-corrected chi connectivity index (χ0v) is 10.2. The number of amides is 1. The van der Waals surface area contributed by atoms with Crippen LogP contribution in [0.5, 0.6) is 0 Å². The van der Waals surface area contributed by atoms with Gasteiger partial charge in [-0.25, -0.2) is 0 Å². The second kappa shape index (κ2) is 6.33. The number of ether oxygens (including phenoxy) is 2. The molecule has 1 amide bonds. The average molecular weight is 242 g/mol. The van der Waals surface area contributed by atoms with E-state index in [1.165, 1.54) is 0 Å². The van der Waals surface area contributed by atoms with Crippen molar-refractivity contribution in [2.45, 2.75) is 50.3 Å². The lowest BCUT2D eigenvalue weighted by atomic mass is 10.1. The van der Waals surface area contributed by atoms with Gasteiger partial charge in [0, 0.05) is 25.3 Å². The Kier molecular flexibility index (Phi) is 4.76. The summed E-state index contributed by atoms with van der Waals surface area (Å²) < 4.78 is 10.8. The molecule has 2 atom stereocenters. The van der Waals surface area contributed by atoms with Gasteiger partial charge in [-0.05, 0) is 32.1 Å². The van der Waals surface area contributed by atoms with Gasteiger partial charge >= 0.3 is 0 Å². The molecule has 5 nitrogen and oxygen atoms in total. The molecule has 2 unspecified atom stereocenters. The van der Waals surface area contributed by atoms with Gasteiger partial charge in [0.1, 0.15) is 6.61 Å². The van der Waals surface area contributed by atoms with Crippen molar-refractivity contribution in [3.8, 4) is 0 Å². The van der Waals surface area contributed by atoms with Crippen LogP contribution < -0.4 is 11.1 Å². The summed E-state index contributed by atoms with van der Waals surface area (Å²) in [6, 6.07) is 0.350. The van der Waals surface area contributed by atoms with Crippen molar-refractivity contribution in [3.63, 3.8) is 0 Å². The van der Waals surface area contributed by atoms with E-state index in [0.717, 1.165) is 45.3 Å². The number of rotatable bonds is 4. The van der Waals surface area contributed by atoms with Crippen LogP contribution in [0, 0.1) is 0 Å². The van der Waals surface area contributed by atoms with E-state index in [9.17, 15) is 4.79 Å². The molecule has 0 aromatic heterocycles. The predicted molar refractivity (Wildman–Crippen MR) is 63.6 cm³/mol. The first kappa shape index (κ1) is 12.8. The molecule has 2 aliphatic rings. The van der Waals surface area contributed by atoms with Crippen LogP contribution in [0.2, 0.25) is 0 Å². The van der Waals surface area contributed by atoms with Gasteiger partial charge in [0.05, 0.1) is 6.10 Å². The molecule has 3 N–H and O–H groups in total. The van der Waals surface area contributed by atoms with Crippen molar-refractivity contribution >= 4 is 5.91 Å². The minimum Gasteiger partial charge on any atom is -0.381 e. The number of nitrogens with one attached hydrogen (secondary N) is 1. The van der Waals surface area contributed by atoms with E-state index in [1.807, 2.05) is 0 Å². The van der Waals surface area contributed by atoms with E-state index in [-0.39, 0.29) is 30.7 Å². The largest absolute Gasteiger partial charge is 0.381 e. The monoisotopic (exact) mass is 242 g/mol. The third-order valence-electron chi connectivity index (χ3n) is 3.52. The van der Waals surface area contributed by atoms with Crippen LogP contribution in [0.25, 0.3) is 0 Å². The lowest BCUT2D eigenvalue weighted by Gasteiger charge is -2.23. The maximum atomic E-state index is 11.7. The Bertz CT molecular complexity index is 254. The molecule has 0 spiro atoms. The standard InChI is InChI=1S/C12H22N2O3/c13-10-2-1-3-11(10)17-8-12(15)14-9-4-6-16-7-5-9/h9-11H,1-8,13H2,(H,14,15). The Labute approximate surface area is 102 Å². The van der Waals surface area contributed by atoms with Crippen LogP contribution in [-0.2, 0) is 14.3 Å². The summed E-state index contributed by atoms with van der Waals surface area (Å²) in [6.45, 7) is 1.61. The highest BCUT2D eigenvalue weighted by Gasteiger charge is 2.25. The number of carbonyl (C=O) groups is 1. The van der Waals surface area contributed by atoms with E-state index in [2.05, 4.69) is 5.32 Å². The highest BCUT2D eigenvalue weighted by Crippen LogP contribution is 2.20. The van der Waals surface area contributed by atoms with Crippen LogP contribution in [0.15, 0.2) is 0 Å². The summed E-state index contributed by atoms with van der Waals surface area (Å²) in [5.41, 5.74) is 5.88. The summed E-state index contributed by atoms with van der Waals surface area (Å²) in [7, 11) is 0. The fourth-order valence-corrected chi connectivity index (χ4v) is 2.46. The predicted octanol–water partition coefficient (Wildman–Crippen LogP) is 0.178. The highest BCUT2D eigenvalue weighted by atomic mass is 16.5. The average Bonchev–Trinajstić information content (AvgIpc) is 2.74. The van der Waals surface area contributed by atoms with Crippen molar-refractivity contribution in [1.82, 2.24) is 5.32 Å². The first-order valence-electron chi connectivity index (χ1n) is 6.50. The molecule has 17 heavy (non-hydrogen) atoms. The molecular formula is C12H22N2O3. The minimum atomic E-state index is -0.0315. The summed E-state index contributed by atoms with van der Waals surface area (Å²) in [5, 5.41) is 2.97. The second-order valence-corrected chi connectivity index (χ2v) is 4.90. The normalized spacial score (nSPS) is 30.4. The van der Waals surface area contributed by atoms with Gasteiger partial charge in [-0.3, -0.25) is 4.79 Å². The Morgan fingerprint density at radius 3 is 2.71 bits per heavy atom. The number of carbonyl (C=O) groups excluding carboxylic acids is 1. The molecule has 0 aromatic carbocycles. The van der Waals surface area contributed by atoms with E-state index < -0.39 is 0 Å². The van der Waals surface area contributed by atoms with Crippen LogP contribution >= 0.6 is 0 Å². The number of hydrogen-bond donors (Lipinski definition) is 2. The van der Waals surface area contributed by atoms with Crippen molar-refractivity contribution < 1.29 is 14.3 Å². The summed E-state index contributed by atoms with van der Waals surface area (Å²) in [5.74, 6) is -0.0315. The summed E-state index contributed by atoms with van der Waals surface area (Å²) >= 11 is 0. The molecule has 2 fully saturated rings.